The number of fused-ring (bicyclic) bond motifs is 1. The van der Waals surface area contributed by atoms with Gasteiger partial charge in [-0.25, -0.2) is 15.0 Å². The van der Waals surface area contributed by atoms with Gasteiger partial charge < -0.3 is 9.64 Å². The van der Waals surface area contributed by atoms with Gasteiger partial charge in [0.1, 0.15) is 23.8 Å². The Labute approximate surface area is 151 Å². The van der Waals surface area contributed by atoms with Gasteiger partial charge in [-0.15, -0.1) is 0 Å². The highest BCUT2D eigenvalue weighted by Crippen LogP contribution is 2.27. The molecule has 1 fully saturated rings. The molecule has 3 aromatic rings. The Bertz CT molecular complexity index is 954. The highest BCUT2D eigenvalue weighted by atomic mass is 16.5. The summed E-state index contributed by atoms with van der Waals surface area (Å²) in [5.41, 5.74) is 1.32. The Morgan fingerprint density at radius 1 is 1.27 bits per heavy atom. The fourth-order valence-electron chi connectivity index (χ4n) is 3.30. The number of hydrogen-bond donors (Lipinski definition) is 0. The maximum absolute atomic E-state index is 9.11. The number of aromatic nitrogens is 5. The van der Waals surface area contributed by atoms with Crippen molar-refractivity contribution in [3.63, 3.8) is 0 Å². The smallest absolute Gasteiger partial charge is 0.231 e. The molecule has 0 spiro atoms. The van der Waals surface area contributed by atoms with Gasteiger partial charge in [0.25, 0.3) is 0 Å². The van der Waals surface area contributed by atoms with Crippen molar-refractivity contribution in [2.24, 2.45) is 13.0 Å². The van der Waals surface area contributed by atoms with E-state index in [9.17, 15) is 0 Å². The molecule has 0 aliphatic carbocycles. The number of rotatable bonds is 4. The molecule has 4 heterocycles. The van der Waals surface area contributed by atoms with Crippen molar-refractivity contribution in [1.29, 1.82) is 5.26 Å². The topological polar surface area (TPSA) is 92.8 Å². The van der Waals surface area contributed by atoms with Crippen LogP contribution in [0.1, 0.15) is 18.4 Å². The van der Waals surface area contributed by atoms with Gasteiger partial charge in [-0.1, -0.05) is 0 Å². The molecule has 0 saturated carbocycles. The zero-order chi connectivity index (χ0) is 17.9. The third-order valence-corrected chi connectivity index (χ3v) is 4.77. The molecule has 0 radical (unpaired) electrons. The average molecular weight is 349 g/mol. The van der Waals surface area contributed by atoms with Crippen LogP contribution in [0.5, 0.6) is 5.88 Å². The first-order chi connectivity index (χ1) is 12.8. The molecule has 0 N–H and O–H groups in total. The summed E-state index contributed by atoms with van der Waals surface area (Å²) in [6.07, 6.45) is 7.07. The molecular weight excluding hydrogens is 330 g/mol. The summed E-state index contributed by atoms with van der Waals surface area (Å²) < 4.78 is 7.56. The molecule has 132 valence electrons. The SMILES string of the molecule is Cn1ncc2c(N3CCC(COc4ncccc4C#N)CC3)ncnc21. The standard InChI is InChI=1S/C18H19N7O/c1-24-16-15(10-23-24)17(22-12-21-16)25-7-4-13(5-8-25)11-26-18-14(9-19)3-2-6-20-18/h2-3,6,10,12-13H,4-5,7-8,11H2,1H3. The molecule has 8 heteroatoms. The van der Waals surface area contributed by atoms with Gasteiger partial charge in [-0.05, 0) is 30.9 Å². The van der Waals surface area contributed by atoms with Gasteiger partial charge in [0, 0.05) is 26.3 Å². The monoisotopic (exact) mass is 349 g/mol. The van der Waals surface area contributed by atoms with Gasteiger partial charge in [0.2, 0.25) is 5.88 Å². The fourth-order valence-corrected chi connectivity index (χ4v) is 3.30. The van der Waals surface area contributed by atoms with E-state index in [1.807, 2.05) is 13.2 Å². The van der Waals surface area contributed by atoms with Crippen molar-refractivity contribution in [3.8, 4) is 11.9 Å². The molecule has 1 aliphatic rings. The quantitative estimate of drug-likeness (QED) is 0.710. The minimum absolute atomic E-state index is 0.422. The third-order valence-electron chi connectivity index (χ3n) is 4.77. The average Bonchev–Trinajstić information content (AvgIpc) is 3.08. The van der Waals surface area contributed by atoms with Crippen LogP contribution in [0.2, 0.25) is 0 Å². The maximum Gasteiger partial charge on any atom is 0.231 e. The summed E-state index contributed by atoms with van der Waals surface area (Å²) in [5, 5.41) is 14.4. The summed E-state index contributed by atoms with van der Waals surface area (Å²) >= 11 is 0. The molecule has 1 saturated heterocycles. The number of pyridine rings is 1. The first kappa shape index (κ1) is 16.3. The minimum Gasteiger partial charge on any atom is -0.476 e. The molecule has 4 rings (SSSR count). The van der Waals surface area contributed by atoms with E-state index >= 15 is 0 Å². The van der Waals surface area contributed by atoms with Gasteiger partial charge >= 0.3 is 0 Å². The first-order valence-electron chi connectivity index (χ1n) is 8.62. The molecule has 0 bridgehead atoms. The molecule has 0 amide bonds. The Morgan fingerprint density at radius 2 is 2.12 bits per heavy atom. The van der Waals surface area contributed by atoms with Crippen LogP contribution in [0.15, 0.2) is 30.9 Å². The number of anilines is 1. The van der Waals surface area contributed by atoms with Gasteiger partial charge in [-0.3, -0.25) is 4.68 Å². The zero-order valence-electron chi connectivity index (χ0n) is 14.5. The van der Waals surface area contributed by atoms with E-state index in [4.69, 9.17) is 10.00 Å². The molecule has 0 unspecified atom stereocenters. The summed E-state index contributed by atoms with van der Waals surface area (Å²) in [6.45, 7) is 2.39. The second kappa shape index (κ2) is 6.96. The number of nitriles is 1. The molecule has 1 aliphatic heterocycles. The molecular formula is C18H19N7O. The predicted octanol–water partition coefficient (Wildman–Crippen LogP) is 1.93. The summed E-state index contributed by atoms with van der Waals surface area (Å²) in [7, 11) is 1.88. The van der Waals surface area contributed by atoms with Crippen molar-refractivity contribution < 1.29 is 4.74 Å². The lowest BCUT2D eigenvalue weighted by Crippen LogP contribution is -2.36. The highest BCUT2D eigenvalue weighted by Gasteiger charge is 2.23. The Balaban J connectivity index is 1.39. The first-order valence-corrected chi connectivity index (χ1v) is 8.62. The van der Waals surface area contributed by atoms with Gasteiger partial charge in [-0.2, -0.15) is 10.4 Å². The molecule has 8 nitrogen and oxygen atoms in total. The zero-order valence-corrected chi connectivity index (χ0v) is 14.5. The van der Waals surface area contributed by atoms with Crippen molar-refractivity contribution in [3.05, 3.63) is 36.4 Å². The summed E-state index contributed by atoms with van der Waals surface area (Å²) in [5.74, 6) is 1.80. The van der Waals surface area contributed by atoms with E-state index in [2.05, 4.69) is 31.0 Å². The van der Waals surface area contributed by atoms with Crippen LogP contribution < -0.4 is 9.64 Å². The van der Waals surface area contributed by atoms with Crippen LogP contribution in [-0.2, 0) is 7.05 Å². The van der Waals surface area contributed by atoms with E-state index in [1.54, 1.807) is 29.3 Å². The second-order valence-corrected chi connectivity index (χ2v) is 6.41. The second-order valence-electron chi connectivity index (χ2n) is 6.41. The van der Waals surface area contributed by atoms with Crippen molar-refractivity contribution in [2.75, 3.05) is 24.6 Å². The van der Waals surface area contributed by atoms with Crippen LogP contribution >= 0.6 is 0 Å². The van der Waals surface area contributed by atoms with Crippen molar-refractivity contribution in [2.45, 2.75) is 12.8 Å². The van der Waals surface area contributed by atoms with Gasteiger partial charge in [0.15, 0.2) is 5.65 Å². The van der Waals surface area contributed by atoms with E-state index < -0.39 is 0 Å². The summed E-state index contributed by atoms with van der Waals surface area (Å²) in [4.78, 5) is 15.2. The third kappa shape index (κ3) is 3.04. The van der Waals surface area contributed by atoms with Crippen LogP contribution in [0, 0.1) is 17.2 Å². The van der Waals surface area contributed by atoms with Crippen molar-refractivity contribution in [1.82, 2.24) is 24.7 Å². The van der Waals surface area contributed by atoms with Crippen molar-refractivity contribution >= 4 is 16.9 Å². The van der Waals surface area contributed by atoms with E-state index in [-0.39, 0.29) is 0 Å². The van der Waals surface area contributed by atoms with Gasteiger partial charge in [0.05, 0.1) is 18.2 Å². The Hall–Kier alpha value is -3.21. The number of nitrogens with zero attached hydrogens (tertiary/aromatic N) is 7. The van der Waals surface area contributed by atoms with Crippen LogP contribution in [-0.4, -0.2) is 44.4 Å². The lowest BCUT2D eigenvalue weighted by atomic mass is 9.97. The van der Waals surface area contributed by atoms with Crippen LogP contribution in [0.4, 0.5) is 5.82 Å². The molecule has 0 aromatic carbocycles. The fraction of sp³-hybridized carbons (Fsp3) is 0.389. The molecule has 26 heavy (non-hydrogen) atoms. The van der Waals surface area contributed by atoms with E-state index in [1.165, 1.54) is 0 Å². The number of piperidine rings is 1. The number of aryl methyl sites for hydroxylation is 1. The van der Waals surface area contributed by atoms with Crippen LogP contribution in [0.3, 0.4) is 0 Å². The Kier molecular flexibility index (Phi) is 4.35. The molecule has 3 aromatic heterocycles. The molecule has 0 atom stereocenters. The number of ether oxygens (including phenoxy) is 1. The lowest BCUT2D eigenvalue weighted by Gasteiger charge is -2.32. The largest absolute Gasteiger partial charge is 0.476 e. The number of hydrogen-bond acceptors (Lipinski definition) is 7. The normalized spacial score (nSPS) is 15.2. The summed E-state index contributed by atoms with van der Waals surface area (Å²) in [6, 6.07) is 5.58. The van der Waals surface area contributed by atoms with Crippen LogP contribution in [0.25, 0.3) is 11.0 Å². The van der Waals surface area contributed by atoms with E-state index in [0.29, 0.717) is 24.0 Å². The predicted molar refractivity (Wildman–Crippen MR) is 95.7 cm³/mol. The Morgan fingerprint density at radius 3 is 2.92 bits per heavy atom. The van der Waals surface area contributed by atoms with E-state index in [0.717, 1.165) is 42.8 Å². The highest BCUT2D eigenvalue weighted by molar-refractivity contribution is 5.86. The maximum atomic E-state index is 9.11. The minimum atomic E-state index is 0.422. The lowest BCUT2D eigenvalue weighted by molar-refractivity contribution is 0.215.